The first-order valence-corrected chi connectivity index (χ1v) is 8.05. The molecule has 0 bridgehead atoms. The molecular weight excluding hydrogens is 307 g/mol. The van der Waals surface area contributed by atoms with E-state index in [1.165, 1.54) is 12.1 Å². The summed E-state index contributed by atoms with van der Waals surface area (Å²) in [6, 6.07) is 6.57. The molecule has 1 aromatic carbocycles. The predicted octanol–water partition coefficient (Wildman–Crippen LogP) is 2.18. The molecule has 134 valence electrons. The quantitative estimate of drug-likeness (QED) is 0.570. The molecule has 0 unspecified atom stereocenters. The van der Waals surface area contributed by atoms with Crippen molar-refractivity contribution in [1.29, 1.82) is 0 Å². The number of nitrogens with one attached hydrogen (secondary N) is 3. The Bertz CT molecular complexity index is 591. The molecule has 0 aliphatic carbocycles. The molecule has 0 radical (unpaired) electrons. The summed E-state index contributed by atoms with van der Waals surface area (Å²) in [6.07, 6.45) is 0. The fourth-order valence-electron chi connectivity index (χ4n) is 2.16. The number of hydrogen-bond donors (Lipinski definition) is 3. The Balaban J connectivity index is 2.56. The van der Waals surface area contributed by atoms with E-state index in [0.717, 1.165) is 5.56 Å². The van der Waals surface area contributed by atoms with Crippen LogP contribution in [0.3, 0.4) is 0 Å². The van der Waals surface area contributed by atoms with Gasteiger partial charge in [-0.2, -0.15) is 0 Å². The van der Waals surface area contributed by atoms with Crippen LogP contribution in [0.1, 0.15) is 40.2 Å². The Hall–Kier alpha value is -2.11. The van der Waals surface area contributed by atoms with E-state index in [9.17, 15) is 9.18 Å². The third-order valence-corrected chi connectivity index (χ3v) is 3.46. The van der Waals surface area contributed by atoms with Gasteiger partial charge < -0.3 is 16.0 Å². The SMILES string of the molecule is CN=C(NCC(=O)NC(C)(C)C)NCC(C)(C)c1cccc(F)c1. The van der Waals surface area contributed by atoms with Gasteiger partial charge in [0.1, 0.15) is 5.82 Å². The maximum atomic E-state index is 13.4. The van der Waals surface area contributed by atoms with Gasteiger partial charge in [-0.1, -0.05) is 26.0 Å². The number of halogens is 1. The second-order valence-electron chi connectivity index (χ2n) is 7.47. The molecule has 0 heterocycles. The molecule has 1 aromatic rings. The highest BCUT2D eigenvalue weighted by molar-refractivity contribution is 5.86. The fourth-order valence-corrected chi connectivity index (χ4v) is 2.16. The van der Waals surface area contributed by atoms with Crippen LogP contribution >= 0.6 is 0 Å². The van der Waals surface area contributed by atoms with Gasteiger partial charge in [0, 0.05) is 24.5 Å². The molecule has 24 heavy (non-hydrogen) atoms. The average molecular weight is 336 g/mol. The van der Waals surface area contributed by atoms with E-state index >= 15 is 0 Å². The maximum absolute atomic E-state index is 13.4. The van der Waals surface area contributed by atoms with Crippen LogP contribution in [0.2, 0.25) is 0 Å². The minimum Gasteiger partial charge on any atom is -0.356 e. The minimum atomic E-state index is -0.284. The normalized spacial score (nSPS) is 12.7. The highest BCUT2D eigenvalue weighted by atomic mass is 19.1. The van der Waals surface area contributed by atoms with Crippen LogP contribution in [0.5, 0.6) is 0 Å². The minimum absolute atomic E-state index is 0.102. The number of carbonyl (C=O) groups is 1. The largest absolute Gasteiger partial charge is 0.356 e. The number of guanidine groups is 1. The zero-order chi connectivity index (χ0) is 18.4. The zero-order valence-corrected chi connectivity index (χ0v) is 15.5. The molecule has 0 fully saturated rings. The van der Waals surface area contributed by atoms with Crippen molar-refractivity contribution >= 4 is 11.9 Å². The van der Waals surface area contributed by atoms with Crippen LogP contribution < -0.4 is 16.0 Å². The van der Waals surface area contributed by atoms with Crippen LogP contribution in [-0.4, -0.2) is 37.5 Å². The second-order valence-corrected chi connectivity index (χ2v) is 7.47. The van der Waals surface area contributed by atoms with Crippen LogP contribution in [-0.2, 0) is 10.2 Å². The van der Waals surface area contributed by atoms with Crippen LogP contribution in [0, 0.1) is 5.82 Å². The predicted molar refractivity (Wildman–Crippen MR) is 96.7 cm³/mol. The van der Waals surface area contributed by atoms with Gasteiger partial charge in [0.15, 0.2) is 5.96 Å². The molecule has 0 aliphatic heterocycles. The van der Waals surface area contributed by atoms with Crippen LogP contribution in [0.25, 0.3) is 0 Å². The number of nitrogens with zero attached hydrogens (tertiary/aromatic N) is 1. The lowest BCUT2D eigenvalue weighted by Crippen LogP contribution is -2.49. The van der Waals surface area contributed by atoms with Crippen LogP contribution in [0.4, 0.5) is 4.39 Å². The Morgan fingerprint density at radius 1 is 1.17 bits per heavy atom. The van der Waals surface area contributed by atoms with Crippen molar-refractivity contribution in [2.45, 2.75) is 45.6 Å². The van der Waals surface area contributed by atoms with Crippen molar-refractivity contribution in [2.75, 3.05) is 20.1 Å². The first-order valence-electron chi connectivity index (χ1n) is 8.05. The number of benzene rings is 1. The monoisotopic (exact) mass is 336 g/mol. The highest BCUT2D eigenvalue weighted by Gasteiger charge is 2.21. The Labute approximate surface area is 144 Å². The number of carbonyl (C=O) groups excluding carboxylic acids is 1. The van der Waals surface area contributed by atoms with Crippen molar-refractivity contribution in [3.05, 3.63) is 35.6 Å². The van der Waals surface area contributed by atoms with Gasteiger partial charge >= 0.3 is 0 Å². The van der Waals surface area contributed by atoms with E-state index < -0.39 is 0 Å². The molecule has 1 rings (SSSR count). The second kappa shape index (κ2) is 8.13. The van der Waals surface area contributed by atoms with Gasteiger partial charge in [0.05, 0.1) is 6.54 Å². The molecule has 0 saturated heterocycles. The lowest BCUT2D eigenvalue weighted by molar-refractivity contribution is -0.121. The zero-order valence-electron chi connectivity index (χ0n) is 15.5. The molecule has 0 aliphatic rings. The van der Waals surface area contributed by atoms with Crippen molar-refractivity contribution in [1.82, 2.24) is 16.0 Å². The highest BCUT2D eigenvalue weighted by Crippen LogP contribution is 2.22. The molecule has 0 atom stereocenters. The van der Waals surface area contributed by atoms with Gasteiger partial charge in [0.2, 0.25) is 5.91 Å². The third-order valence-electron chi connectivity index (χ3n) is 3.46. The first-order chi connectivity index (χ1) is 11.0. The molecule has 0 spiro atoms. The molecule has 5 nitrogen and oxygen atoms in total. The summed E-state index contributed by atoms with van der Waals surface area (Å²) in [5, 5.41) is 9.04. The number of amides is 1. The van der Waals surface area contributed by atoms with Crippen molar-refractivity contribution in [2.24, 2.45) is 4.99 Å². The van der Waals surface area contributed by atoms with Crippen LogP contribution in [0.15, 0.2) is 29.3 Å². The topological polar surface area (TPSA) is 65.5 Å². The molecule has 6 heteroatoms. The lowest BCUT2D eigenvalue weighted by atomic mass is 9.84. The van der Waals surface area contributed by atoms with Gasteiger partial charge in [-0.25, -0.2) is 4.39 Å². The molecule has 3 N–H and O–H groups in total. The lowest BCUT2D eigenvalue weighted by Gasteiger charge is -2.27. The van der Waals surface area contributed by atoms with E-state index in [1.807, 2.05) is 40.7 Å². The summed E-state index contributed by atoms with van der Waals surface area (Å²) < 4.78 is 13.4. The summed E-state index contributed by atoms with van der Waals surface area (Å²) in [4.78, 5) is 16.0. The van der Waals surface area contributed by atoms with E-state index in [4.69, 9.17) is 0 Å². The van der Waals surface area contributed by atoms with E-state index in [2.05, 4.69) is 20.9 Å². The fraction of sp³-hybridized carbons (Fsp3) is 0.556. The Morgan fingerprint density at radius 3 is 2.38 bits per heavy atom. The summed E-state index contributed by atoms with van der Waals surface area (Å²) >= 11 is 0. The molecule has 1 amide bonds. The Morgan fingerprint density at radius 2 is 1.83 bits per heavy atom. The average Bonchev–Trinajstić information content (AvgIpc) is 2.45. The summed E-state index contributed by atoms with van der Waals surface area (Å²) in [5.74, 6) is 0.181. The van der Waals surface area contributed by atoms with Crippen molar-refractivity contribution < 1.29 is 9.18 Å². The molecule has 0 saturated carbocycles. The van der Waals surface area contributed by atoms with Gasteiger partial charge in [-0.05, 0) is 38.5 Å². The summed E-state index contributed by atoms with van der Waals surface area (Å²) in [5.41, 5.74) is 0.346. The Kier molecular flexibility index (Phi) is 6.75. The number of hydrogen-bond acceptors (Lipinski definition) is 2. The van der Waals surface area contributed by atoms with Crippen molar-refractivity contribution in [3.8, 4) is 0 Å². The van der Waals surface area contributed by atoms with E-state index in [1.54, 1.807) is 13.1 Å². The van der Waals surface area contributed by atoms with Crippen molar-refractivity contribution in [3.63, 3.8) is 0 Å². The maximum Gasteiger partial charge on any atom is 0.239 e. The van der Waals surface area contributed by atoms with E-state index in [-0.39, 0.29) is 29.2 Å². The van der Waals surface area contributed by atoms with Gasteiger partial charge in [-0.3, -0.25) is 9.79 Å². The van der Waals surface area contributed by atoms with Gasteiger partial charge in [0.25, 0.3) is 0 Å². The first kappa shape index (κ1) is 19.9. The third kappa shape index (κ3) is 6.98. The number of aliphatic imine (C=N–C) groups is 1. The van der Waals surface area contributed by atoms with E-state index in [0.29, 0.717) is 12.5 Å². The number of rotatable bonds is 5. The molecule has 0 aromatic heterocycles. The standard InChI is InChI=1S/C18H29FN4O/c1-17(2,3)23-15(24)11-21-16(20-6)22-12-18(4,5)13-8-7-9-14(19)10-13/h7-10H,11-12H2,1-6H3,(H,23,24)(H2,20,21,22). The molecular formula is C18H29FN4O. The van der Waals surface area contributed by atoms with Gasteiger partial charge in [-0.15, -0.1) is 0 Å². The smallest absolute Gasteiger partial charge is 0.239 e. The summed E-state index contributed by atoms with van der Waals surface area (Å²) in [7, 11) is 1.65. The summed E-state index contributed by atoms with van der Waals surface area (Å²) in [6.45, 7) is 10.5.